The molecule has 0 aliphatic carbocycles. The van der Waals surface area contributed by atoms with Crippen molar-refractivity contribution >= 4 is 19.3 Å². The highest BCUT2D eigenvalue weighted by atomic mass is 28.4. The zero-order valence-corrected chi connectivity index (χ0v) is 19.4. The number of hydrogen-bond donors (Lipinski definition) is 5. The molecule has 11 heteroatoms. The molecule has 154 valence electrons. The predicted molar refractivity (Wildman–Crippen MR) is 101 cm³/mol. The quantitative estimate of drug-likeness (QED) is 0.191. The van der Waals surface area contributed by atoms with Crippen molar-refractivity contribution < 1.29 is 33.0 Å². The van der Waals surface area contributed by atoms with Crippen LogP contribution in [0.25, 0.3) is 0 Å². The fourth-order valence-electron chi connectivity index (χ4n) is 2.04. The highest BCUT2D eigenvalue weighted by molar-refractivity contribution is 6.62. The Morgan fingerprint density at radius 3 is 1.48 bits per heavy atom. The van der Waals surface area contributed by atoms with Gasteiger partial charge >= 0.3 is 8.80 Å². The monoisotopic (exact) mass is 402 g/mol. The van der Waals surface area contributed by atoms with Crippen molar-refractivity contribution in [3.8, 4) is 0 Å². The summed E-state index contributed by atoms with van der Waals surface area (Å²) in [5.41, 5.74) is 11.3. The van der Waals surface area contributed by atoms with E-state index in [9.17, 15) is 5.11 Å². The first-order chi connectivity index (χ1) is 11.6. The summed E-state index contributed by atoms with van der Waals surface area (Å²) in [5.74, 6) is -2.00. The molecule has 0 aromatic carbocycles. The Morgan fingerprint density at radius 1 is 0.920 bits per heavy atom. The van der Waals surface area contributed by atoms with Crippen LogP contribution >= 0.6 is 0 Å². The van der Waals surface area contributed by atoms with Crippen LogP contribution in [0.3, 0.4) is 0 Å². The summed E-state index contributed by atoms with van der Waals surface area (Å²) in [6.45, 7) is 11.3. The molecule has 0 rings (SSSR count). The molecule has 0 spiro atoms. The molecule has 3 unspecified atom stereocenters. The molecule has 7 N–H and O–H groups in total. The summed E-state index contributed by atoms with van der Waals surface area (Å²) in [4.78, 5) is 0. The third kappa shape index (κ3) is 8.53. The van der Waals surface area contributed by atoms with E-state index in [0.29, 0.717) is 26.2 Å². The van der Waals surface area contributed by atoms with Gasteiger partial charge < -0.3 is 44.5 Å². The highest BCUT2D eigenvalue weighted by Crippen LogP contribution is 2.16. The topological polar surface area (TPSA) is 150 Å². The molecule has 0 bridgehead atoms. The van der Waals surface area contributed by atoms with Gasteiger partial charge in [-0.05, 0) is 33.6 Å². The largest absolute Gasteiger partial charge is 0.518 e. The lowest BCUT2D eigenvalue weighted by Gasteiger charge is -2.33. The molecule has 0 radical (unpaired) electrons. The van der Waals surface area contributed by atoms with E-state index < -0.39 is 26.9 Å². The van der Waals surface area contributed by atoms with Crippen molar-refractivity contribution in [2.75, 3.05) is 19.8 Å². The third-order valence-corrected chi connectivity index (χ3v) is 7.64. The Kier molecular flexibility index (Phi) is 15.5. The second-order valence-electron chi connectivity index (χ2n) is 5.26. The summed E-state index contributed by atoms with van der Waals surface area (Å²) < 4.78 is 21.5. The predicted octanol–water partition coefficient (Wildman–Crippen LogP) is -1.67. The average molecular weight is 403 g/mol. The van der Waals surface area contributed by atoms with Crippen molar-refractivity contribution in [2.45, 2.75) is 71.2 Å². The smallest absolute Gasteiger partial charge is 0.397 e. The minimum absolute atomic E-state index is 0.123. The molecule has 0 aliphatic rings. The van der Waals surface area contributed by atoms with Gasteiger partial charge in [-0.1, -0.05) is 13.8 Å². The van der Waals surface area contributed by atoms with Crippen molar-refractivity contribution in [2.24, 2.45) is 11.5 Å². The van der Waals surface area contributed by atoms with Gasteiger partial charge in [0.2, 0.25) is 12.1 Å². The molecule has 0 amide bonds. The SMILES string of the molecule is CCC(N)C(O)(O[SiH3])C(O)O.CCO[Si](OCC)(OCC)C(N)CC. The molecule has 0 aromatic rings. The zero-order valence-electron chi connectivity index (χ0n) is 16.4. The Balaban J connectivity index is 0. The van der Waals surface area contributed by atoms with Gasteiger partial charge in [-0.2, -0.15) is 0 Å². The second-order valence-corrected chi connectivity index (χ2v) is 8.48. The molecular weight excluding hydrogens is 364 g/mol. The van der Waals surface area contributed by atoms with E-state index in [1.807, 2.05) is 27.7 Å². The van der Waals surface area contributed by atoms with Gasteiger partial charge in [0, 0.05) is 19.8 Å². The number of rotatable bonds is 12. The maximum atomic E-state index is 9.35. The van der Waals surface area contributed by atoms with E-state index in [-0.39, 0.29) is 16.2 Å². The van der Waals surface area contributed by atoms with Crippen LogP contribution < -0.4 is 11.5 Å². The Hall–Kier alpha value is 0.0738. The van der Waals surface area contributed by atoms with Crippen LogP contribution in [0.1, 0.15) is 47.5 Å². The third-order valence-electron chi connectivity index (χ3n) is 3.60. The summed E-state index contributed by atoms with van der Waals surface area (Å²) >= 11 is 0. The molecule has 9 nitrogen and oxygen atoms in total. The van der Waals surface area contributed by atoms with Crippen LogP contribution in [-0.2, 0) is 17.7 Å². The number of nitrogens with two attached hydrogens (primary N) is 2. The molecule has 0 aromatic heterocycles. The Morgan fingerprint density at radius 2 is 1.32 bits per heavy atom. The van der Waals surface area contributed by atoms with Gasteiger partial charge in [-0.3, -0.25) is 0 Å². The molecule has 3 atom stereocenters. The maximum absolute atomic E-state index is 9.35. The van der Waals surface area contributed by atoms with Crippen LogP contribution in [0.2, 0.25) is 0 Å². The first-order valence-corrected chi connectivity index (χ1v) is 11.3. The average Bonchev–Trinajstić information content (AvgIpc) is 2.60. The summed E-state index contributed by atoms with van der Waals surface area (Å²) in [5, 5.41) is 26.7. The normalized spacial score (nSPS) is 16.9. The van der Waals surface area contributed by atoms with Gasteiger partial charge in [-0.15, -0.1) is 0 Å². The number of aliphatic hydroxyl groups is 3. The lowest BCUT2D eigenvalue weighted by molar-refractivity contribution is -0.283. The molecule has 25 heavy (non-hydrogen) atoms. The van der Waals surface area contributed by atoms with Gasteiger partial charge in [0.15, 0.2) is 0 Å². The summed E-state index contributed by atoms with van der Waals surface area (Å²) in [6, 6.07) is -0.778. The highest BCUT2D eigenvalue weighted by Gasteiger charge is 2.46. The molecule has 0 saturated carbocycles. The van der Waals surface area contributed by atoms with Crippen molar-refractivity contribution in [1.82, 2.24) is 0 Å². The lowest BCUT2D eigenvalue weighted by Crippen LogP contribution is -2.60. The van der Waals surface area contributed by atoms with Gasteiger partial charge in [-0.25, -0.2) is 0 Å². The van der Waals surface area contributed by atoms with E-state index in [4.69, 9.17) is 35.0 Å². The minimum Gasteiger partial charge on any atom is -0.397 e. The van der Waals surface area contributed by atoms with Gasteiger partial charge in [0.05, 0.1) is 11.7 Å². The Bertz CT molecular complexity index is 313. The molecule has 0 aliphatic heterocycles. The van der Waals surface area contributed by atoms with Crippen molar-refractivity contribution in [1.29, 1.82) is 0 Å². The van der Waals surface area contributed by atoms with E-state index in [1.54, 1.807) is 6.92 Å². The molecule has 0 fully saturated rings. The van der Waals surface area contributed by atoms with E-state index in [0.717, 1.165) is 6.42 Å². The minimum atomic E-state index is -2.62. The fourth-order valence-corrected chi connectivity index (χ4v) is 5.15. The van der Waals surface area contributed by atoms with Crippen LogP contribution in [0.5, 0.6) is 0 Å². The van der Waals surface area contributed by atoms with Gasteiger partial charge in [0.1, 0.15) is 10.5 Å². The number of aliphatic hydroxyl groups excluding tert-OH is 1. The molecule has 0 saturated heterocycles. The standard InChI is InChI=1S/C9H23NO3Si.C5H15NO4Si/c1-5-9(10)14(11-6-2,12-7-3)13-8-4;1-2-3(6)5(9,10-11)4(7)8/h9H,5-8,10H2,1-4H3;3-4,7-9H,2,6H2,1,11H3. The second kappa shape index (κ2) is 14.2. The summed E-state index contributed by atoms with van der Waals surface area (Å²) in [6.07, 6.45) is -0.724. The van der Waals surface area contributed by atoms with Crippen LogP contribution in [0.4, 0.5) is 0 Å². The lowest BCUT2D eigenvalue weighted by atomic mass is 10.1. The summed E-state index contributed by atoms with van der Waals surface area (Å²) in [7, 11) is -2.42. The fraction of sp³-hybridized carbons (Fsp3) is 1.00. The van der Waals surface area contributed by atoms with Crippen LogP contribution in [-0.4, -0.2) is 78.2 Å². The maximum Gasteiger partial charge on any atom is 0.518 e. The van der Waals surface area contributed by atoms with Gasteiger partial charge in [0.25, 0.3) is 0 Å². The first-order valence-electron chi connectivity index (χ1n) is 8.72. The van der Waals surface area contributed by atoms with Crippen LogP contribution in [0.15, 0.2) is 0 Å². The van der Waals surface area contributed by atoms with E-state index >= 15 is 0 Å². The number of hydrogen-bond acceptors (Lipinski definition) is 9. The first kappa shape index (κ1) is 27.3. The van der Waals surface area contributed by atoms with Crippen molar-refractivity contribution in [3.05, 3.63) is 0 Å². The van der Waals surface area contributed by atoms with Crippen molar-refractivity contribution in [3.63, 3.8) is 0 Å². The molecular formula is C14H38N2O7Si2. The van der Waals surface area contributed by atoms with Crippen LogP contribution in [0, 0.1) is 0 Å². The zero-order chi connectivity index (χ0) is 20.1. The molecule has 0 heterocycles. The van der Waals surface area contributed by atoms with E-state index in [1.165, 1.54) is 0 Å². The Labute approximate surface area is 155 Å². The van der Waals surface area contributed by atoms with E-state index in [2.05, 4.69) is 4.43 Å².